The van der Waals surface area contributed by atoms with Crippen LogP contribution in [0.2, 0.25) is 0 Å². The minimum Gasteiger partial charge on any atom is -0.351 e. The van der Waals surface area contributed by atoms with Gasteiger partial charge in [0.05, 0.1) is 5.54 Å². The molecule has 0 radical (unpaired) electrons. The lowest BCUT2D eigenvalue weighted by molar-refractivity contribution is -0.129. The van der Waals surface area contributed by atoms with Gasteiger partial charge in [0, 0.05) is 6.04 Å². The van der Waals surface area contributed by atoms with E-state index in [4.69, 9.17) is 5.73 Å². The molecule has 0 aromatic heterocycles. The van der Waals surface area contributed by atoms with Gasteiger partial charge in [-0.2, -0.15) is 0 Å². The second-order valence-electron chi connectivity index (χ2n) is 7.26. The first-order valence-corrected chi connectivity index (χ1v) is 7.43. The first-order chi connectivity index (χ1) is 8.33. The molecule has 2 saturated carbocycles. The Kier molecular flexibility index (Phi) is 3.72. The summed E-state index contributed by atoms with van der Waals surface area (Å²) in [6, 6.07) is 0.308. The molecule has 2 rings (SSSR count). The molecule has 104 valence electrons. The smallest absolute Gasteiger partial charge is 0.240 e. The Morgan fingerprint density at radius 2 is 1.89 bits per heavy atom. The standard InChI is InChI=1S/C15H28N2O/c1-11-6-4-9-15(16,10-11)13(18)17-12-7-5-8-14(12,2)3/h11-12H,4-10,16H2,1-3H3,(H,17,18). The van der Waals surface area contributed by atoms with Gasteiger partial charge in [0.25, 0.3) is 0 Å². The van der Waals surface area contributed by atoms with Crippen LogP contribution < -0.4 is 11.1 Å². The maximum Gasteiger partial charge on any atom is 0.240 e. The summed E-state index contributed by atoms with van der Waals surface area (Å²) < 4.78 is 0. The first-order valence-electron chi connectivity index (χ1n) is 7.43. The molecule has 3 nitrogen and oxygen atoms in total. The molecule has 2 aliphatic carbocycles. The Labute approximate surface area is 111 Å². The van der Waals surface area contributed by atoms with Crippen LogP contribution in [0.5, 0.6) is 0 Å². The summed E-state index contributed by atoms with van der Waals surface area (Å²) in [6.45, 7) is 6.70. The van der Waals surface area contributed by atoms with Crippen LogP contribution in [-0.2, 0) is 4.79 Å². The first kappa shape index (κ1) is 13.9. The Hall–Kier alpha value is -0.570. The fourth-order valence-electron chi connectivity index (χ4n) is 3.69. The van der Waals surface area contributed by atoms with Gasteiger partial charge in [-0.15, -0.1) is 0 Å². The summed E-state index contributed by atoms with van der Waals surface area (Å²) in [4.78, 5) is 12.5. The van der Waals surface area contributed by atoms with Gasteiger partial charge in [-0.1, -0.05) is 40.0 Å². The van der Waals surface area contributed by atoms with Gasteiger partial charge in [0.2, 0.25) is 5.91 Å². The molecule has 0 spiro atoms. The SMILES string of the molecule is CC1CCCC(N)(C(=O)NC2CCCC2(C)C)C1. The van der Waals surface area contributed by atoms with Crippen LogP contribution in [0.1, 0.15) is 65.7 Å². The zero-order valence-electron chi connectivity index (χ0n) is 12.1. The maximum absolute atomic E-state index is 12.5. The van der Waals surface area contributed by atoms with E-state index >= 15 is 0 Å². The van der Waals surface area contributed by atoms with Crippen LogP contribution in [0.3, 0.4) is 0 Å². The number of carbonyl (C=O) groups is 1. The summed E-state index contributed by atoms with van der Waals surface area (Å²) >= 11 is 0. The maximum atomic E-state index is 12.5. The van der Waals surface area contributed by atoms with Crippen molar-refractivity contribution in [3.63, 3.8) is 0 Å². The summed E-state index contributed by atoms with van der Waals surface area (Å²) in [5, 5.41) is 3.24. The fraction of sp³-hybridized carbons (Fsp3) is 0.933. The second-order valence-corrected chi connectivity index (χ2v) is 7.26. The molecule has 1 amide bonds. The predicted octanol–water partition coefficient (Wildman–Crippen LogP) is 2.59. The van der Waals surface area contributed by atoms with Gasteiger partial charge < -0.3 is 11.1 Å². The summed E-state index contributed by atoms with van der Waals surface area (Å²) in [6.07, 6.45) is 7.49. The highest BCUT2D eigenvalue weighted by atomic mass is 16.2. The van der Waals surface area contributed by atoms with Crippen LogP contribution in [-0.4, -0.2) is 17.5 Å². The Morgan fingerprint density at radius 3 is 2.44 bits per heavy atom. The lowest BCUT2D eigenvalue weighted by Crippen LogP contribution is -2.59. The molecule has 3 atom stereocenters. The normalized spacial score (nSPS) is 39.6. The lowest BCUT2D eigenvalue weighted by Gasteiger charge is -2.38. The lowest BCUT2D eigenvalue weighted by atomic mass is 9.76. The van der Waals surface area contributed by atoms with E-state index in [9.17, 15) is 4.79 Å². The molecule has 0 bridgehead atoms. The molecule has 3 unspecified atom stereocenters. The minimum absolute atomic E-state index is 0.0917. The van der Waals surface area contributed by atoms with Gasteiger partial charge in [-0.3, -0.25) is 4.79 Å². The highest BCUT2D eigenvalue weighted by Gasteiger charge is 2.42. The van der Waals surface area contributed by atoms with Gasteiger partial charge in [0.15, 0.2) is 0 Å². The predicted molar refractivity (Wildman–Crippen MR) is 74.1 cm³/mol. The molecule has 18 heavy (non-hydrogen) atoms. The topological polar surface area (TPSA) is 55.1 Å². The molecule has 0 aromatic carbocycles. The van der Waals surface area contributed by atoms with Crippen LogP contribution >= 0.6 is 0 Å². The highest BCUT2D eigenvalue weighted by Crippen LogP contribution is 2.38. The van der Waals surface area contributed by atoms with E-state index in [1.807, 2.05) is 0 Å². The quantitative estimate of drug-likeness (QED) is 0.793. The monoisotopic (exact) mass is 252 g/mol. The third kappa shape index (κ3) is 2.71. The second kappa shape index (κ2) is 4.84. The van der Waals surface area contributed by atoms with Crippen LogP contribution in [0.15, 0.2) is 0 Å². The summed E-state index contributed by atoms with van der Waals surface area (Å²) in [5.74, 6) is 0.667. The Morgan fingerprint density at radius 1 is 1.22 bits per heavy atom. The van der Waals surface area contributed by atoms with Gasteiger partial charge >= 0.3 is 0 Å². The molecule has 0 aliphatic heterocycles. The molecule has 0 saturated heterocycles. The summed E-state index contributed by atoms with van der Waals surface area (Å²) in [5.41, 5.74) is 5.96. The third-order valence-corrected chi connectivity index (χ3v) is 5.05. The molecule has 0 aromatic rings. The number of hydrogen-bond acceptors (Lipinski definition) is 2. The summed E-state index contributed by atoms with van der Waals surface area (Å²) in [7, 11) is 0. The van der Waals surface area contributed by atoms with E-state index < -0.39 is 5.54 Å². The van der Waals surface area contributed by atoms with E-state index in [1.165, 1.54) is 19.3 Å². The van der Waals surface area contributed by atoms with Crippen LogP contribution in [0.4, 0.5) is 0 Å². The molecule has 2 aliphatic rings. The largest absolute Gasteiger partial charge is 0.351 e. The van der Waals surface area contributed by atoms with Crippen molar-refractivity contribution in [2.75, 3.05) is 0 Å². The van der Waals surface area contributed by atoms with Crippen molar-refractivity contribution in [3.8, 4) is 0 Å². The number of nitrogens with two attached hydrogens (primary N) is 1. The zero-order chi connectivity index (χ0) is 13.4. The molecule has 2 fully saturated rings. The van der Waals surface area contributed by atoms with Crippen molar-refractivity contribution >= 4 is 5.91 Å². The van der Waals surface area contributed by atoms with Crippen molar-refractivity contribution < 1.29 is 4.79 Å². The van der Waals surface area contributed by atoms with Crippen molar-refractivity contribution in [3.05, 3.63) is 0 Å². The molecule has 3 N–H and O–H groups in total. The Bertz CT molecular complexity index is 326. The van der Waals surface area contributed by atoms with E-state index in [-0.39, 0.29) is 11.3 Å². The van der Waals surface area contributed by atoms with E-state index in [0.717, 1.165) is 25.7 Å². The van der Waals surface area contributed by atoms with Gasteiger partial charge in [0.1, 0.15) is 0 Å². The highest BCUT2D eigenvalue weighted by molar-refractivity contribution is 5.86. The molecule has 0 heterocycles. The average molecular weight is 252 g/mol. The van der Waals surface area contributed by atoms with E-state index in [0.29, 0.717) is 12.0 Å². The molecular formula is C15H28N2O. The zero-order valence-corrected chi connectivity index (χ0v) is 12.1. The van der Waals surface area contributed by atoms with Crippen molar-refractivity contribution in [1.82, 2.24) is 5.32 Å². The van der Waals surface area contributed by atoms with Crippen molar-refractivity contribution in [2.24, 2.45) is 17.1 Å². The van der Waals surface area contributed by atoms with Gasteiger partial charge in [-0.25, -0.2) is 0 Å². The average Bonchev–Trinajstić information content (AvgIpc) is 2.58. The third-order valence-electron chi connectivity index (χ3n) is 5.05. The van der Waals surface area contributed by atoms with Crippen molar-refractivity contribution in [1.29, 1.82) is 0 Å². The van der Waals surface area contributed by atoms with Crippen LogP contribution in [0, 0.1) is 11.3 Å². The number of nitrogens with one attached hydrogen (secondary N) is 1. The number of carbonyl (C=O) groups excluding carboxylic acids is 1. The Balaban J connectivity index is 1.99. The fourth-order valence-corrected chi connectivity index (χ4v) is 3.69. The van der Waals surface area contributed by atoms with E-state index in [2.05, 4.69) is 26.1 Å². The minimum atomic E-state index is -0.615. The van der Waals surface area contributed by atoms with E-state index in [1.54, 1.807) is 0 Å². The molecular weight excluding hydrogens is 224 g/mol. The van der Waals surface area contributed by atoms with Crippen LogP contribution in [0.25, 0.3) is 0 Å². The van der Waals surface area contributed by atoms with Gasteiger partial charge in [-0.05, 0) is 37.0 Å². The van der Waals surface area contributed by atoms with Crippen molar-refractivity contribution in [2.45, 2.75) is 77.3 Å². The number of hydrogen-bond donors (Lipinski definition) is 2. The number of amides is 1. The number of rotatable bonds is 2. The molecule has 3 heteroatoms.